The van der Waals surface area contributed by atoms with Gasteiger partial charge in [0, 0.05) is 10.7 Å². The molecule has 0 aliphatic carbocycles. The molecule has 1 aliphatic rings. The molecule has 0 aromatic heterocycles. The van der Waals surface area contributed by atoms with E-state index in [-0.39, 0.29) is 17.2 Å². The topological polar surface area (TPSA) is 86.7 Å². The molecule has 2 aromatic rings. The van der Waals surface area contributed by atoms with Crippen molar-refractivity contribution in [3.63, 3.8) is 0 Å². The third-order valence-corrected chi connectivity index (χ3v) is 4.65. The van der Waals surface area contributed by atoms with E-state index < -0.39 is 17.1 Å². The van der Waals surface area contributed by atoms with Gasteiger partial charge in [-0.05, 0) is 59.8 Å². The summed E-state index contributed by atoms with van der Waals surface area (Å²) in [5, 5.41) is 11.9. The lowest BCUT2D eigenvalue weighted by Gasteiger charge is -2.12. The van der Waals surface area contributed by atoms with Gasteiger partial charge in [0.05, 0.1) is 4.91 Å². The number of hydrogen-bond donors (Lipinski definition) is 2. The molecule has 0 saturated carbocycles. The number of benzene rings is 2. The quantitative estimate of drug-likeness (QED) is 0.615. The summed E-state index contributed by atoms with van der Waals surface area (Å²) in [7, 11) is 0. The molecular weight excluding hydrogens is 376 g/mol. The Balaban J connectivity index is 1.67. The van der Waals surface area contributed by atoms with E-state index in [2.05, 4.69) is 5.32 Å². The van der Waals surface area contributed by atoms with Crippen LogP contribution >= 0.6 is 23.4 Å². The third-order valence-electron chi connectivity index (χ3n) is 3.49. The molecule has 1 saturated heterocycles. The van der Waals surface area contributed by atoms with Crippen LogP contribution in [0.4, 0.5) is 10.5 Å². The number of anilines is 1. The molecule has 3 rings (SSSR count). The number of phenolic OH excluding ortho intramolecular Hbond substituents is 1. The Morgan fingerprint density at radius 3 is 2.42 bits per heavy atom. The standard InChI is InChI=1S/C18H13ClN2O4S/c19-12-3-1-11(2-4-12)9-15-17(24)21(18(25)26-15)10-16(23)20-13-5-7-14(22)8-6-13/h1-9,22H,10H2,(H,20,23). The minimum atomic E-state index is -0.518. The molecule has 3 amide bonds. The van der Waals surface area contributed by atoms with Crippen molar-refractivity contribution in [2.45, 2.75) is 0 Å². The van der Waals surface area contributed by atoms with Crippen LogP contribution in [0.25, 0.3) is 6.08 Å². The first-order valence-electron chi connectivity index (χ1n) is 7.52. The van der Waals surface area contributed by atoms with E-state index in [4.69, 9.17) is 11.6 Å². The van der Waals surface area contributed by atoms with E-state index in [1.54, 1.807) is 30.3 Å². The fraction of sp³-hybridized carbons (Fsp3) is 0.0556. The van der Waals surface area contributed by atoms with Gasteiger partial charge in [-0.25, -0.2) is 0 Å². The Kier molecular flexibility index (Phi) is 5.29. The number of nitrogens with one attached hydrogen (secondary N) is 1. The minimum absolute atomic E-state index is 0.0706. The highest BCUT2D eigenvalue weighted by molar-refractivity contribution is 8.18. The first-order valence-corrected chi connectivity index (χ1v) is 8.71. The Bertz CT molecular complexity index is 894. The Hall–Kier alpha value is -2.77. The summed E-state index contributed by atoms with van der Waals surface area (Å²) in [4.78, 5) is 37.7. The van der Waals surface area contributed by atoms with Gasteiger partial charge in [0.2, 0.25) is 5.91 Å². The number of carbonyl (C=O) groups is 3. The molecule has 1 aliphatic heterocycles. The van der Waals surface area contributed by atoms with Crippen molar-refractivity contribution in [2.24, 2.45) is 0 Å². The number of amides is 3. The molecule has 1 heterocycles. The molecule has 0 atom stereocenters. The molecule has 132 valence electrons. The van der Waals surface area contributed by atoms with Crippen molar-refractivity contribution in [1.82, 2.24) is 4.90 Å². The average Bonchev–Trinajstić information content (AvgIpc) is 2.86. The van der Waals surface area contributed by atoms with Crippen LogP contribution in [0, 0.1) is 0 Å². The van der Waals surface area contributed by atoms with E-state index in [1.165, 1.54) is 24.3 Å². The zero-order chi connectivity index (χ0) is 18.7. The van der Waals surface area contributed by atoms with Gasteiger partial charge in [-0.3, -0.25) is 19.3 Å². The lowest BCUT2D eigenvalue weighted by molar-refractivity contribution is -0.127. The van der Waals surface area contributed by atoms with Gasteiger partial charge in [0.15, 0.2) is 0 Å². The van der Waals surface area contributed by atoms with Crippen LogP contribution in [0.3, 0.4) is 0 Å². The van der Waals surface area contributed by atoms with Gasteiger partial charge >= 0.3 is 0 Å². The summed E-state index contributed by atoms with van der Waals surface area (Å²) < 4.78 is 0. The van der Waals surface area contributed by atoms with Crippen LogP contribution in [0.5, 0.6) is 5.75 Å². The highest BCUT2D eigenvalue weighted by atomic mass is 35.5. The lowest BCUT2D eigenvalue weighted by atomic mass is 10.2. The first kappa shape index (κ1) is 18.0. The van der Waals surface area contributed by atoms with Gasteiger partial charge in [-0.1, -0.05) is 23.7 Å². The van der Waals surface area contributed by atoms with Crippen molar-refractivity contribution in [1.29, 1.82) is 0 Å². The highest BCUT2D eigenvalue weighted by Gasteiger charge is 2.36. The van der Waals surface area contributed by atoms with E-state index in [0.29, 0.717) is 10.7 Å². The van der Waals surface area contributed by atoms with E-state index in [0.717, 1.165) is 22.2 Å². The van der Waals surface area contributed by atoms with Crippen molar-refractivity contribution in [2.75, 3.05) is 11.9 Å². The molecule has 0 radical (unpaired) electrons. The number of hydrogen-bond acceptors (Lipinski definition) is 5. The summed E-state index contributed by atoms with van der Waals surface area (Å²) in [6.07, 6.45) is 1.58. The number of imide groups is 1. The number of phenols is 1. The zero-order valence-corrected chi connectivity index (χ0v) is 14.9. The predicted molar refractivity (Wildman–Crippen MR) is 101 cm³/mol. The second kappa shape index (κ2) is 7.63. The van der Waals surface area contributed by atoms with Crippen molar-refractivity contribution >= 4 is 52.2 Å². The second-order valence-electron chi connectivity index (χ2n) is 5.41. The molecule has 8 heteroatoms. The molecule has 0 unspecified atom stereocenters. The maximum atomic E-state index is 12.4. The summed E-state index contributed by atoms with van der Waals surface area (Å²) in [5.41, 5.74) is 1.19. The summed E-state index contributed by atoms with van der Waals surface area (Å²) >= 11 is 6.61. The van der Waals surface area contributed by atoms with Crippen molar-refractivity contribution in [3.05, 3.63) is 64.0 Å². The predicted octanol–water partition coefficient (Wildman–Crippen LogP) is 3.72. The van der Waals surface area contributed by atoms with Crippen LogP contribution in [-0.2, 0) is 9.59 Å². The van der Waals surface area contributed by atoms with Gasteiger partial charge in [0.25, 0.3) is 11.1 Å². The number of aromatic hydroxyl groups is 1. The summed E-state index contributed by atoms with van der Waals surface area (Å²) in [5.74, 6) is -0.956. The largest absolute Gasteiger partial charge is 0.508 e. The fourth-order valence-corrected chi connectivity index (χ4v) is 3.20. The van der Waals surface area contributed by atoms with Gasteiger partial charge < -0.3 is 10.4 Å². The molecule has 2 N–H and O–H groups in total. The molecule has 6 nitrogen and oxygen atoms in total. The second-order valence-corrected chi connectivity index (χ2v) is 6.84. The van der Waals surface area contributed by atoms with E-state index in [1.807, 2.05) is 0 Å². The minimum Gasteiger partial charge on any atom is -0.508 e. The van der Waals surface area contributed by atoms with Crippen LogP contribution in [-0.4, -0.2) is 33.6 Å². The average molecular weight is 389 g/mol. The van der Waals surface area contributed by atoms with Crippen LogP contribution < -0.4 is 5.32 Å². The maximum Gasteiger partial charge on any atom is 0.294 e. The summed E-state index contributed by atoms with van der Waals surface area (Å²) in [6, 6.07) is 12.7. The molecule has 1 fully saturated rings. The van der Waals surface area contributed by atoms with Crippen LogP contribution in [0.2, 0.25) is 5.02 Å². The maximum absolute atomic E-state index is 12.4. The molecule has 2 aromatic carbocycles. The van der Waals surface area contributed by atoms with Crippen LogP contribution in [0.15, 0.2) is 53.4 Å². The van der Waals surface area contributed by atoms with Crippen molar-refractivity contribution in [3.8, 4) is 5.75 Å². The first-order chi connectivity index (χ1) is 12.4. The monoisotopic (exact) mass is 388 g/mol. The SMILES string of the molecule is O=C(CN1C(=O)SC(=Cc2ccc(Cl)cc2)C1=O)Nc1ccc(O)cc1. The molecule has 0 bridgehead atoms. The fourth-order valence-electron chi connectivity index (χ4n) is 2.24. The normalized spacial score (nSPS) is 15.6. The highest BCUT2D eigenvalue weighted by Crippen LogP contribution is 2.32. The lowest BCUT2D eigenvalue weighted by Crippen LogP contribution is -2.36. The zero-order valence-electron chi connectivity index (χ0n) is 13.3. The molecule has 26 heavy (non-hydrogen) atoms. The van der Waals surface area contributed by atoms with E-state index in [9.17, 15) is 19.5 Å². The van der Waals surface area contributed by atoms with Gasteiger partial charge in [-0.2, -0.15) is 0 Å². The number of halogens is 1. The summed E-state index contributed by atoms with van der Waals surface area (Å²) in [6.45, 7) is -0.385. The number of rotatable bonds is 4. The molecular formula is C18H13ClN2O4S. The number of thioether (sulfide) groups is 1. The van der Waals surface area contributed by atoms with Crippen LogP contribution in [0.1, 0.15) is 5.56 Å². The van der Waals surface area contributed by atoms with Gasteiger partial charge in [0.1, 0.15) is 12.3 Å². The van der Waals surface area contributed by atoms with E-state index >= 15 is 0 Å². The Morgan fingerprint density at radius 2 is 1.77 bits per heavy atom. The van der Waals surface area contributed by atoms with Crippen molar-refractivity contribution < 1.29 is 19.5 Å². The smallest absolute Gasteiger partial charge is 0.294 e. The Morgan fingerprint density at radius 1 is 1.12 bits per heavy atom. The third kappa shape index (κ3) is 4.25. The molecule has 0 spiro atoms. The number of carbonyl (C=O) groups excluding carboxylic acids is 3. The Labute approximate surface area is 158 Å². The number of nitrogens with zero attached hydrogens (tertiary/aromatic N) is 1. The van der Waals surface area contributed by atoms with Gasteiger partial charge in [-0.15, -0.1) is 0 Å².